The maximum atomic E-state index is 12.1. The maximum Gasteiger partial charge on any atom is 0.220 e. The summed E-state index contributed by atoms with van der Waals surface area (Å²) in [5, 5.41) is 35.5. The molecule has 0 heterocycles. The Bertz CT molecular complexity index is 610. The Kier molecular flexibility index (Phi) is 6.82. The predicted molar refractivity (Wildman–Crippen MR) is 116 cm³/mol. The van der Waals surface area contributed by atoms with Crippen LogP contribution < -0.4 is 5.32 Å². The number of aliphatic hydroxyl groups is 3. The van der Waals surface area contributed by atoms with Crippen LogP contribution in [0.2, 0.25) is 0 Å². The van der Waals surface area contributed by atoms with Crippen LogP contribution in [-0.4, -0.2) is 45.6 Å². The van der Waals surface area contributed by atoms with Crippen molar-refractivity contribution >= 4 is 5.91 Å². The van der Waals surface area contributed by atoms with Crippen molar-refractivity contribution in [1.82, 2.24) is 5.32 Å². The number of amides is 1. The quantitative estimate of drug-likeness (QED) is 0.549. The molecule has 0 aromatic rings. The number of aliphatic hydroxyl groups excluding tert-OH is 3. The molecule has 8 unspecified atom stereocenters. The molecule has 4 fully saturated rings. The Balaban J connectivity index is 1.43. The molecule has 0 aromatic carbocycles. The van der Waals surface area contributed by atoms with Gasteiger partial charge >= 0.3 is 0 Å². The molecule has 4 saturated carbocycles. The van der Waals surface area contributed by atoms with Crippen molar-refractivity contribution in [2.75, 3.05) is 0 Å². The summed E-state index contributed by atoms with van der Waals surface area (Å²) in [6.45, 7) is 6.24. The summed E-state index contributed by atoms with van der Waals surface area (Å²) in [4.78, 5) is 12.1. The normalized spacial score (nSPS) is 46.6. The fraction of sp³-hybridized carbons (Fsp3) is 0.960. The Morgan fingerprint density at radius 3 is 2.30 bits per heavy atom. The van der Waals surface area contributed by atoms with Gasteiger partial charge in [0, 0.05) is 12.5 Å². The molecule has 4 rings (SSSR count). The first-order valence-electron chi connectivity index (χ1n) is 12.6. The molecule has 172 valence electrons. The molecule has 0 bridgehead atoms. The average molecular weight is 422 g/mol. The molecule has 0 aliphatic heterocycles. The lowest BCUT2D eigenvalue weighted by Crippen LogP contribution is -2.55. The number of hydrogen-bond acceptors (Lipinski definition) is 4. The molecule has 5 nitrogen and oxygen atoms in total. The van der Waals surface area contributed by atoms with E-state index in [0.717, 1.165) is 51.4 Å². The third-order valence-electron chi connectivity index (χ3n) is 9.33. The van der Waals surface area contributed by atoms with Crippen molar-refractivity contribution in [3.05, 3.63) is 0 Å². The summed E-state index contributed by atoms with van der Waals surface area (Å²) in [5.41, 5.74) is 0. The zero-order valence-electron chi connectivity index (χ0n) is 19.0. The molecule has 4 aliphatic carbocycles. The number of carbonyl (C=O) groups is 1. The molecule has 4 aliphatic rings. The van der Waals surface area contributed by atoms with Crippen molar-refractivity contribution in [2.24, 2.45) is 47.3 Å². The topological polar surface area (TPSA) is 89.8 Å². The van der Waals surface area contributed by atoms with Crippen LogP contribution >= 0.6 is 0 Å². The number of nitrogens with one attached hydrogen (secondary N) is 1. The summed E-state index contributed by atoms with van der Waals surface area (Å²) < 4.78 is 0. The minimum atomic E-state index is -0.285. The van der Waals surface area contributed by atoms with Gasteiger partial charge in [-0.25, -0.2) is 0 Å². The molecule has 0 radical (unpaired) electrons. The smallest absolute Gasteiger partial charge is 0.220 e. The van der Waals surface area contributed by atoms with E-state index in [9.17, 15) is 20.1 Å². The lowest BCUT2D eigenvalue weighted by molar-refractivity contribution is -0.146. The summed E-state index contributed by atoms with van der Waals surface area (Å²) in [6.07, 6.45) is 7.28. The Labute approximate surface area is 182 Å². The lowest BCUT2D eigenvalue weighted by atomic mass is 9.51. The van der Waals surface area contributed by atoms with Crippen molar-refractivity contribution < 1.29 is 20.1 Å². The predicted octanol–water partition coefficient (Wildman–Crippen LogP) is 3.11. The van der Waals surface area contributed by atoms with Crippen LogP contribution in [0.1, 0.15) is 78.6 Å². The fourth-order valence-corrected chi connectivity index (χ4v) is 8.24. The number of rotatable bonds is 5. The second kappa shape index (κ2) is 9.07. The van der Waals surface area contributed by atoms with Crippen LogP contribution in [0.25, 0.3) is 0 Å². The highest BCUT2D eigenvalue weighted by molar-refractivity contribution is 5.76. The highest BCUT2D eigenvalue weighted by Crippen LogP contribution is 2.60. The van der Waals surface area contributed by atoms with Gasteiger partial charge in [0.1, 0.15) is 0 Å². The van der Waals surface area contributed by atoms with Gasteiger partial charge in [0.15, 0.2) is 0 Å². The van der Waals surface area contributed by atoms with Gasteiger partial charge in [0.05, 0.1) is 18.3 Å². The van der Waals surface area contributed by atoms with Gasteiger partial charge in [-0.1, -0.05) is 6.92 Å². The molecule has 4 N–H and O–H groups in total. The third-order valence-corrected chi connectivity index (χ3v) is 9.33. The van der Waals surface area contributed by atoms with Gasteiger partial charge < -0.3 is 20.6 Å². The van der Waals surface area contributed by atoms with E-state index in [1.807, 2.05) is 13.8 Å². The summed E-state index contributed by atoms with van der Waals surface area (Å²) in [6, 6.07) is 0.179. The molecular formula is C25H43NO4. The Morgan fingerprint density at radius 1 is 0.867 bits per heavy atom. The van der Waals surface area contributed by atoms with E-state index in [-0.39, 0.29) is 36.2 Å². The van der Waals surface area contributed by atoms with Crippen molar-refractivity contribution in [3.63, 3.8) is 0 Å². The maximum absolute atomic E-state index is 12.1. The lowest BCUT2D eigenvalue weighted by Gasteiger charge is -2.56. The second-order valence-electron chi connectivity index (χ2n) is 11.5. The largest absolute Gasteiger partial charge is 0.393 e. The zero-order chi connectivity index (χ0) is 21.6. The zero-order valence-corrected chi connectivity index (χ0v) is 19.0. The van der Waals surface area contributed by atoms with Crippen molar-refractivity contribution in [3.8, 4) is 0 Å². The molecular weight excluding hydrogens is 378 g/mol. The molecule has 30 heavy (non-hydrogen) atoms. The monoisotopic (exact) mass is 421 g/mol. The highest BCUT2D eigenvalue weighted by atomic mass is 16.3. The van der Waals surface area contributed by atoms with E-state index in [1.54, 1.807) is 0 Å². The molecule has 11 atom stereocenters. The van der Waals surface area contributed by atoms with E-state index in [1.165, 1.54) is 0 Å². The average Bonchev–Trinajstić information content (AvgIpc) is 3.11. The van der Waals surface area contributed by atoms with E-state index in [2.05, 4.69) is 12.2 Å². The van der Waals surface area contributed by atoms with Crippen LogP contribution in [-0.2, 0) is 4.79 Å². The summed E-state index contributed by atoms with van der Waals surface area (Å²) in [7, 11) is 0. The van der Waals surface area contributed by atoms with Crippen molar-refractivity contribution in [1.29, 1.82) is 0 Å². The van der Waals surface area contributed by atoms with Crippen LogP contribution in [0.4, 0.5) is 0 Å². The molecule has 0 saturated heterocycles. The van der Waals surface area contributed by atoms with Crippen LogP contribution in [0.5, 0.6) is 0 Å². The molecule has 0 aromatic heterocycles. The first kappa shape index (κ1) is 22.5. The van der Waals surface area contributed by atoms with E-state index >= 15 is 0 Å². The minimum Gasteiger partial charge on any atom is -0.393 e. The van der Waals surface area contributed by atoms with Gasteiger partial charge in [-0.3, -0.25) is 4.79 Å². The number of fused-ring (bicyclic) bond motifs is 5. The van der Waals surface area contributed by atoms with E-state index < -0.39 is 0 Å². The number of carbonyl (C=O) groups excluding carboxylic acids is 1. The molecule has 0 spiro atoms. The van der Waals surface area contributed by atoms with Gasteiger partial charge in [-0.15, -0.1) is 0 Å². The summed E-state index contributed by atoms with van der Waals surface area (Å²) in [5.74, 6) is 3.40. The Hall–Kier alpha value is -0.650. The van der Waals surface area contributed by atoms with Gasteiger partial charge in [0.2, 0.25) is 5.91 Å². The second-order valence-corrected chi connectivity index (χ2v) is 11.5. The van der Waals surface area contributed by atoms with Gasteiger partial charge in [-0.05, 0) is 113 Å². The number of hydrogen-bond donors (Lipinski definition) is 4. The highest BCUT2D eigenvalue weighted by Gasteiger charge is 2.57. The minimum absolute atomic E-state index is 0.129. The van der Waals surface area contributed by atoms with Crippen molar-refractivity contribution in [2.45, 2.75) is 103 Å². The Morgan fingerprint density at radius 2 is 1.57 bits per heavy atom. The molecule has 5 heteroatoms. The van der Waals surface area contributed by atoms with Crippen LogP contribution in [0.15, 0.2) is 0 Å². The molecule has 1 amide bonds. The fourth-order valence-electron chi connectivity index (χ4n) is 8.24. The van der Waals surface area contributed by atoms with E-state index in [4.69, 9.17) is 0 Å². The van der Waals surface area contributed by atoms with Crippen LogP contribution in [0, 0.1) is 47.3 Å². The first-order valence-corrected chi connectivity index (χ1v) is 12.6. The van der Waals surface area contributed by atoms with Gasteiger partial charge in [0.25, 0.3) is 0 Å². The standard InChI is InChI=1S/C25H43NO4/c1-13(2)26-23(30)9-4-14(3)17-7-8-19-24(17)22(29)12-20-18-6-5-16(27)10-15(18)11-21(28)25(19)20/h13-22,24-25,27-29H,4-12H2,1-3H3,(H,26,30)/t14?,15?,16-,17?,18?,19?,20?,21-,22+,24?,25?/m0/s1. The van der Waals surface area contributed by atoms with Gasteiger partial charge in [-0.2, -0.15) is 0 Å². The van der Waals surface area contributed by atoms with Crippen LogP contribution in [0.3, 0.4) is 0 Å². The first-order chi connectivity index (χ1) is 14.3. The summed E-state index contributed by atoms with van der Waals surface area (Å²) >= 11 is 0. The third kappa shape index (κ3) is 4.31. The SMILES string of the molecule is CC(C)NC(=O)CCC(C)C1CCC2C1[C@H](O)CC1C3CC[C@H](O)CC3C[C@H](O)C12. The van der Waals surface area contributed by atoms with E-state index in [0.29, 0.717) is 47.8 Å².